The molecule has 0 bridgehead atoms. The number of carbonyl (C=O) groups is 2. The quantitative estimate of drug-likeness (QED) is 0.820. The van der Waals surface area contributed by atoms with Gasteiger partial charge in [-0.25, -0.2) is 4.79 Å². The molecule has 1 amide bonds. The highest BCUT2D eigenvalue weighted by Crippen LogP contribution is 2.23. The van der Waals surface area contributed by atoms with Crippen LogP contribution >= 0.6 is 0 Å². The molecule has 1 fully saturated rings. The first kappa shape index (κ1) is 12.4. The van der Waals surface area contributed by atoms with Crippen LogP contribution in [0.5, 0.6) is 5.75 Å². The van der Waals surface area contributed by atoms with Crippen molar-refractivity contribution in [3.63, 3.8) is 0 Å². The lowest BCUT2D eigenvalue weighted by Gasteiger charge is -2.16. The number of hydrogen-bond acceptors (Lipinski definition) is 4. The minimum atomic E-state index is -0.492. The van der Waals surface area contributed by atoms with Crippen LogP contribution in [0.3, 0.4) is 0 Å². The van der Waals surface area contributed by atoms with Crippen molar-refractivity contribution in [2.75, 3.05) is 13.7 Å². The van der Waals surface area contributed by atoms with Crippen LogP contribution in [0.25, 0.3) is 0 Å². The fourth-order valence-electron chi connectivity index (χ4n) is 2.02. The summed E-state index contributed by atoms with van der Waals surface area (Å²) in [5, 5.41) is 9.84. The van der Waals surface area contributed by atoms with Gasteiger partial charge in [0.15, 0.2) is 0 Å². The first-order chi connectivity index (χ1) is 8.61. The van der Waals surface area contributed by atoms with Gasteiger partial charge in [0.05, 0.1) is 12.7 Å². The van der Waals surface area contributed by atoms with E-state index in [9.17, 15) is 14.7 Å². The summed E-state index contributed by atoms with van der Waals surface area (Å²) in [5.41, 5.74) is 0.935. The van der Waals surface area contributed by atoms with Gasteiger partial charge in [0, 0.05) is 25.1 Å². The molecule has 0 aliphatic carbocycles. The maximum Gasteiger partial charge on any atom is 0.337 e. The number of hydrogen-bond donors (Lipinski definition) is 1. The number of amides is 1. The Bertz CT molecular complexity index is 484. The van der Waals surface area contributed by atoms with E-state index in [-0.39, 0.29) is 11.7 Å². The number of carbonyl (C=O) groups excluding carboxylic acids is 2. The van der Waals surface area contributed by atoms with Gasteiger partial charge in [-0.2, -0.15) is 0 Å². The molecule has 1 aromatic rings. The minimum absolute atomic E-state index is 0.0117. The molecule has 0 spiro atoms. The van der Waals surface area contributed by atoms with Crippen molar-refractivity contribution in [2.45, 2.75) is 19.4 Å². The molecule has 1 saturated heterocycles. The number of nitrogens with zero attached hydrogens (tertiary/aromatic N) is 1. The molecule has 1 heterocycles. The molecule has 0 unspecified atom stereocenters. The zero-order valence-electron chi connectivity index (χ0n) is 10.2. The number of phenols is 1. The van der Waals surface area contributed by atoms with Crippen LogP contribution in [0.15, 0.2) is 18.2 Å². The highest BCUT2D eigenvalue weighted by Gasteiger charge is 2.21. The van der Waals surface area contributed by atoms with Crippen LogP contribution in [0.4, 0.5) is 0 Å². The summed E-state index contributed by atoms with van der Waals surface area (Å²) in [4.78, 5) is 24.5. The lowest BCUT2D eigenvalue weighted by atomic mass is 10.1. The Hall–Kier alpha value is -2.04. The molecule has 1 aliphatic heterocycles. The van der Waals surface area contributed by atoms with Gasteiger partial charge in [-0.1, -0.05) is 6.07 Å². The van der Waals surface area contributed by atoms with E-state index in [0.29, 0.717) is 24.1 Å². The SMILES string of the molecule is COC(=O)c1ccc(CN2CCCC2=O)c(O)c1. The Balaban J connectivity index is 2.14. The Labute approximate surface area is 105 Å². The summed E-state index contributed by atoms with van der Waals surface area (Å²) in [5.74, 6) is -0.377. The highest BCUT2D eigenvalue weighted by atomic mass is 16.5. The van der Waals surface area contributed by atoms with Crippen molar-refractivity contribution in [2.24, 2.45) is 0 Å². The molecule has 0 atom stereocenters. The van der Waals surface area contributed by atoms with E-state index >= 15 is 0 Å². The van der Waals surface area contributed by atoms with Crippen molar-refractivity contribution in [1.29, 1.82) is 0 Å². The third kappa shape index (κ3) is 2.45. The van der Waals surface area contributed by atoms with Crippen molar-refractivity contribution >= 4 is 11.9 Å². The molecule has 5 nitrogen and oxygen atoms in total. The van der Waals surface area contributed by atoms with Crippen LogP contribution in [0.2, 0.25) is 0 Å². The average molecular weight is 249 g/mol. The average Bonchev–Trinajstić information content (AvgIpc) is 2.76. The number of methoxy groups -OCH3 is 1. The molecule has 0 aromatic heterocycles. The first-order valence-corrected chi connectivity index (χ1v) is 5.80. The summed E-state index contributed by atoms with van der Waals surface area (Å²) in [6, 6.07) is 4.59. The molecule has 0 radical (unpaired) electrons. The lowest BCUT2D eigenvalue weighted by Crippen LogP contribution is -2.23. The summed E-state index contributed by atoms with van der Waals surface area (Å²) < 4.78 is 4.57. The number of benzene rings is 1. The maximum absolute atomic E-state index is 11.5. The molecule has 2 rings (SSSR count). The van der Waals surface area contributed by atoms with Crippen LogP contribution in [0, 0.1) is 0 Å². The summed E-state index contributed by atoms with van der Waals surface area (Å²) in [6.45, 7) is 1.10. The topological polar surface area (TPSA) is 66.8 Å². The Morgan fingerprint density at radius 3 is 2.83 bits per heavy atom. The number of likely N-dealkylation sites (tertiary alicyclic amines) is 1. The molecular formula is C13H15NO4. The normalized spacial score (nSPS) is 14.9. The van der Waals surface area contributed by atoms with Gasteiger partial charge in [0.1, 0.15) is 5.75 Å². The maximum atomic E-state index is 11.5. The third-order valence-electron chi connectivity index (χ3n) is 3.04. The highest BCUT2D eigenvalue weighted by molar-refractivity contribution is 5.89. The second kappa shape index (κ2) is 5.08. The van der Waals surface area contributed by atoms with Crippen LogP contribution in [0.1, 0.15) is 28.8 Å². The van der Waals surface area contributed by atoms with Crippen LogP contribution < -0.4 is 0 Å². The fourth-order valence-corrected chi connectivity index (χ4v) is 2.02. The van der Waals surface area contributed by atoms with E-state index in [2.05, 4.69) is 4.74 Å². The Morgan fingerprint density at radius 1 is 1.50 bits per heavy atom. The molecular weight excluding hydrogens is 234 g/mol. The molecule has 1 aromatic carbocycles. The van der Waals surface area contributed by atoms with Crippen molar-refractivity contribution < 1.29 is 19.4 Å². The van der Waals surface area contributed by atoms with E-state index < -0.39 is 5.97 Å². The molecule has 18 heavy (non-hydrogen) atoms. The molecule has 1 N–H and O–H groups in total. The summed E-state index contributed by atoms with van der Waals surface area (Å²) in [7, 11) is 1.29. The van der Waals surface area contributed by atoms with Crippen molar-refractivity contribution in [3.8, 4) is 5.75 Å². The summed E-state index contributed by atoms with van der Waals surface area (Å²) in [6.07, 6.45) is 1.43. The lowest BCUT2D eigenvalue weighted by molar-refractivity contribution is -0.128. The predicted octanol–water partition coefficient (Wildman–Crippen LogP) is 1.30. The van der Waals surface area contributed by atoms with Crippen LogP contribution in [-0.4, -0.2) is 35.5 Å². The number of phenolic OH excluding ortho intramolecular Hbond substituents is 1. The van der Waals surface area contributed by atoms with Gasteiger partial charge in [-0.05, 0) is 18.6 Å². The van der Waals surface area contributed by atoms with E-state index in [1.807, 2.05) is 0 Å². The number of aromatic hydroxyl groups is 1. The second-order valence-electron chi connectivity index (χ2n) is 4.25. The van der Waals surface area contributed by atoms with Gasteiger partial charge >= 0.3 is 5.97 Å². The second-order valence-corrected chi connectivity index (χ2v) is 4.25. The zero-order chi connectivity index (χ0) is 13.1. The van der Waals surface area contributed by atoms with Crippen molar-refractivity contribution in [1.82, 2.24) is 4.90 Å². The van der Waals surface area contributed by atoms with E-state index in [1.54, 1.807) is 17.0 Å². The van der Waals surface area contributed by atoms with Gasteiger partial charge in [0.2, 0.25) is 5.91 Å². The minimum Gasteiger partial charge on any atom is -0.508 e. The smallest absolute Gasteiger partial charge is 0.337 e. The summed E-state index contributed by atoms with van der Waals surface area (Å²) >= 11 is 0. The zero-order valence-corrected chi connectivity index (χ0v) is 10.2. The van der Waals surface area contributed by atoms with Gasteiger partial charge in [0.25, 0.3) is 0 Å². The molecule has 1 aliphatic rings. The Kier molecular flexibility index (Phi) is 3.50. The van der Waals surface area contributed by atoms with E-state index in [4.69, 9.17) is 0 Å². The molecule has 5 heteroatoms. The standard InChI is InChI=1S/C13H15NO4/c1-18-13(17)9-4-5-10(11(15)7-9)8-14-6-2-3-12(14)16/h4-5,7,15H,2-3,6,8H2,1H3. The monoisotopic (exact) mass is 249 g/mol. The third-order valence-corrected chi connectivity index (χ3v) is 3.04. The largest absolute Gasteiger partial charge is 0.508 e. The van der Waals surface area contributed by atoms with E-state index in [1.165, 1.54) is 13.2 Å². The number of ether oxygens (including phenoxy) is 1. The number of rotatable bonds is 3. The van der Waals surface area contributed by atoms with Crippen LogP contribution in [-0.2, 0) is 16.1 Å². The van der Waals surface area contributed by atoms with E-state index in [0.717, 1.165) is 13.0 Å². The molecule has 96 valence electrons. The predicted molar refractivity (Wildman–Crippen MR) is 64.1 cm³/mol. The Morgan fingerprint density at radius 2 is 2.28 bits per heavy atom. The van der Waals surface area contributed by atoms with Gasteiger partial charge in [-0.15, -0.1) is 0 Å². The van der Waals surface area contributed by atoms with Gasteiger partial charge < -0.3 is 14.7 Å². The number of esters is 1. The van der Waals surface area contributed by atoms with Crippen molar-refractivity contribution in [3.05, 3.63) is 29.3 Å². The van der Waals surface area contributed by atoms with Gasteiger partial charge in [-0.3, -0.25) is 4.79 Å². The molecule has 0 saturated carbocycles. The first-order valence-electron chi connectivity index (χ1n) is 5.80. The fraction of sp³-hybridized carbons (Fsp3) is 0.385.